The first-order valence-corrected chi connectivity index (χ1v) is 7.57. The standard InChI is InChI=1S/C15H28N2O2/c1-14(2,3)19-13(18)17-10-9-15(16,11-17)12-7-5-4-6-8-12/h12H,4-11,16H2,1-3H3. The maximum atomic E-state index is 12.1. The van der Waals surface area contributed by atoms with Gasteiger partial charge in [0.15, 0.2) is 0 Å². The summed E-state index contributed by atoms with van der Waals surface area (Å²) in [6.07, 6.45) is 7.05. The predicted octanol–water partition coefficient (Wildman–Crippen LogP) is 2.91. The summed E-state index contributed by atoms with van der Waals surface area (Å²) in [5.41, 5.74) is 5.96. The average molecular weight is 268 g/mol. The molecular formula is C15H28N2O2. The number of likely N-dealkylation sites (tertiary alicyclic amines) is 1. The highest BCUT2D eigenvalue weighted by atomic mass is 16.6. The Balaban J connectivity index is 1.93. The second kappa shape index (κ2) is 5.31. The molecule has 1 atom stereocenters. The molecule has 1 amide bonds. The molecule has 1 saturated carbocycles. The summed E-state index contributed by atoms with van der Waals surface area (Å²) in [5.74, 6) is 0.577. The molecule has 19 heavy (non-hydrogen) atoms. The molecule has 0 radical (unpaired) electrons. The minimum absolute atomic E-state index is 0.183. The summed E-state index contributed by atoms with van der Waals surface area (Å²) in [6, 6.07) is 0. The van der Waals surface area contributed by atoms with E-state index in [1.54, 1.807) is 4.90 Å². The molecular weight excluding hydrogens is 240 g/mol. The van der Waals surface area contributed by atoms with Gasteiger partial charge in [-0.2, -0.15) is 0 Å². The van der Waals surface area contributed by atoms with E-state index in [9.17, 15) is 4.79 Å². The molecule has 1 heterocycles. The van der Waals surface area contributed by atoms with E-state index < -0.39 is 5.60 Å². The van der Waals surface area contributed by atoms with Crippen LogP contribution in [0.5, 0.6) is 0 Å². The fraction of sp³-hybridized carbons (Fsp3) is 0.933. The van der Waals surface area contributed by atoms with Crippen LogP contribution in [0.15, 0.2) is 0 Å². The molecule has 0 bridgehead atoms. The lowest BCUT2D eigenvalue weighted by Gasteiger charge is -2.36. The van der Waals surface area contributed by atoms with E-state index in [0.29, 0.717) is 12.5 Å². The summed E-state index contributed by atoms with van der Waals surface area (Å²) < 4.78 is 5.43. The number of ether oxygens (including phenoxy) is 1. The van der Waals surface area contributed by atoms with Gasteiger partial charge in [-0.3, -0.25) is 0 Å². The Morgan fingerprint density at radius 1 is 1.26 bits per heavy atom. The molecule has 2 N–H and O–H groups in total. The van der Waals surface area contributed by atoms with Gasteiger partial charge in [0.05, 0.1) is 0 Å². The lowest BCUT2D eigenvalue weighted by Crippen LogP contribution is -2.51. The molecule has 1 saturated heterocycles. The highest BCUT2D eigenvalue weighted by Gasteiger charge is 2.43. The van der Waals surface area contributed by atoms with Gasteiger partial charge in [0.2, 0.25) is 0 Å². The second-order valence-corrected chi connectivity index (χ2v) is 7.22. The van der Waals surface area contributed by atoms with Crippen molar-refractivity contribution in [2.24, 2.45) is 11.7 Å². The SMILES string of the molecule is CC(C)(C)OC(=O)N1CCC(N)(C2CCCCC2)C1. The number of nitrogens with zero attached hydrogens (tertiary/aromatic N) is 1. The van der Waals surface area contributed by atoms with Crippen LogP contribution < -0.4 is 5.73 Å². The zero-order valence-electron chi connectivity index (χ0n) is 12.6. The van der Waals surface area contributed by atoms with E-state index >= 15 is 0 Å². The van der Waals surface area contributed by atoms with Gasteiger partial charge in [-0.05, 0) is 46.0 Å². The van der Waals surface area contributed by atoms with E-state index in [2.05, 4.69) is 0 Å². The van der Waals surface area contributed by atoms with Gasteiger partial charge in [-0.25, -0.2) is 4.79 Å². The minimum atomic E-state index is -0.429. The van der Waals surface area contributed by atoms with E-state index in [1.807, 2.05) is 20.8 Å². The van der Waals surface area contributed by atoms with Gasteiger partial charge >= 0.3 is 6.09 Å². The summed E-state index contributed by atoms with van der Waals surface area (Å²) in [7, 11) is 0. The maximum absolute atomic E-state index is 12.1. The van der Waals surface area contributed by atoms with Crippen LogP contribution in [0.4, 0.5) is 4.79 Å². The summed E-state index contributed by atoms with van der Waals surface area (Å²) >= 11 is 0. The third kappa shape index (κ3) is 3.62. The number of hydrogen-bond donors (Lipinski definition) is 1. The van der Waals surface area contributed by atoms with Gasteiger partial charge in [-0.1, -0.05) is 19.3 Å². The molecule has 4 nitrogen and oxygen atoms in total. The number of amides is 1. The number of nitrogens with two attached hydrogens (primary N) is 1. The van der Waals surface area contributed by atoms with Gasteiger partial charge in [0, 0.05) is 18.6 Å². The van der Waals surface area contributed by atoms with Crippen molar-refractivity contribution in [3.05, 3.63) is 0 Å². The van der Waals surface area contributed by atoms with Crippen LogP contribution in [0.25, 0.3) is 0 Å². The topological polar surface area (TPSA) is 55.6 Å². The first-order valence-electron chi connectivity index (χ1n) is 7.57. The van der Waals surface area contributed by atoms with Crippen LogP contribution in [0.3, 0.4) is 0 Å². The Morgan fingerprint density at radius 3 is 2.47 bits per heavy atom. The first kappa shape index (κ1) is 14.6. The molecule has 0 aromatic rings. The van der Waals surface area contributed by atoms with E-state index in [1.165, 1.54) is 32.1 Å². The average Bonchev–Trinajstić information content (AvgIpc) is 2.73. The molecule has 1 unspecified atom stereocenters. The van der Waals surface area contributed by atoms with Crippen LogP contribution in [-0.4, -0.2) is 35.2 Å². The Labute approximate surface area is 116 Å². The van der Waals surface area contributed by atoms with Crippen molar-refractivity contribution < 1.29 is 9.53 Å². The largest absolute Gasteiger partial charge is 0.444 e. The van der Waals surface area contributed by atoms with Crippen LogP contribution in [-0.2, 0) is 4.74 Å². The minimum Gasteiger partial charge on any atom is -0.444 e. The molecule has 0 spiro atoms. The molecule has 2 rings (SSSR count). The normalized spacial score (nSPS) is 29.6. The van der Waals surface area contributed by atoms with Crippen molar-refractivity contribution in [2.75, 3.05) is 13.1 Å². The second-order valence-electron chi connectivity index (χ2n) is 7.22. The maximum Gasteiger partial charge on any atom is 0.410 e. The van der Waals surface area contributed by atoms with Crippen LogP contribution >= 0.6 is 0 Å². The van der Waals surface area contributed by atoms with Gasteiger partial charge in [-0.15, -0.1) is 0 Å². The Morgan fingerprint density at radius 2 is 1.89 bits per heavy atom. The monoisotopic (exact) mass is 268 g/mol. The molecule has 1 aliphatic heterocycles. The first-order chi connectivity index (χ1) is 8.80. The molecule has 0 aromatic heterocycles. The number of carbonyl (C=O) groups is 1. The van der Waals surface area contributed by atoms with Crippen LogP contribution in [0, 0.1) is 5.92 Å². The molecule has 2 aliphatic rings. The van der Waals surface area contributed by atoms with Gasteiger partial charge < -0.3 is 15.4 Å². The summed E-state index contributed by atoms with van der Waals surface area (Å²) in [4.78, 5) is 13.9. The zero-order valence-corrected chi connectivity index (χ0v) is 12.6. The highest BCUT2D eigenvalue weighted by Crippen LogP contribution is 2.37. The van der Waals surface area contributed by atoms with Crippen molar-refractivity contribution in [1.82, 2.24) is 4.90 Å². The molecule has 2 fully saturated rings. The van der Waals surface area contributed by atoms with E-state index in [-0.39, 0.29) is 11.6 Å². The van der Waals surface area contributed by atoms with Crippen molar-refractivity contribution in [2.45, 2.75) is 70.4 Å². The third-order valence-electron chi connectivity index (χ3n) is 4.40. The summed E-state index contributed by atoms with van der Waals surface area (Å²) in [6.45, 7) is 7.10. The highest BCUT2D eigenvalue weighted by molar-refractivity contribution is 5.68. The number of rotatable bonds is 1. The Bertz CT molecular complexity index is 332. The van der Waals surface area contributed by atoms with Gasteiger partial charge in [0.25, 0.3) is 0 Å². The lowest BCUT2D eigenvalue weighted by molar-refractivity contribution is 0.0274. The smallest absolute Gasteiger partial charge is 0.410 e. The van der Waals surface area contributed by atoms with Crippen molar-refractivity contribution in [1.29, 1.82) is 0 Å². The van der Waals surface area contributed by atoms with Crippen molar-refractivity contribution >= 4 is 6.09 Å². The Kier molecular flexibility index (Phi) is 4.09. The van der Waals surface area contributed by atoms with Crippen molar-refractivity contribution in [3.8, 4) is 0 Å². The lowest BCUT2D eigenvalue weighted by atomic mass is 9.75. The van der Waals surface area contributed by atoms with Gasteiger partial charge in [0.1, 0.15) is 5.60 Å². The third-order valence-corrected chi connectivity index (χ3v) is 4.40. The molecule has 110 valence electrons. The number of carbonyl (C=O) groups excluding carboxylic acids is 1. The van der Waals surface area contributed by atoms with Crippen LogP contribution in [0.1, 0.15) is 59.3 Å². The number of hydrogen-bond acceptors (Lipinski definition) is 3. The van der Waals surface area contributed by atoms with Crippen molar-refractivity contribution in [3.63, 3.8) is 0 Å². The molecule has 1 aliphatic carbocycles. The quantitative estimate of drug-likeness (QED) is 0.795. The molecule has 4 heteroatoms. The predicted molar refractivity (Wildman–Crippen MR) is 75.9 cm³/mol. The van der Waals surface area contributed by atoms with E-state index in [4.69, 9.17) is 10.5 Å². The summed E-state index contributed by atoms with van der Waals surface area (Å²) in [5, 5.41) is 0. The fourth-order valence-electron chi connectivity index (χ4n) is 3.35. The zero-order chi connectivity index (χ0) is 14.1. The van der Waals surface area contributed by atoms with Crippen LogP contribution in [0.2, 0.25) is 0 Å². The van der Waals surface area contributed by atoms with E-state index in [0.717, 1.165) is 13.0 Å². The fourth-order valence-corrected chi connectivity index (χ4v) is 3.35. The molecule has 0 aromatic carbocycles. The Hall–Kier alpha value is -0.770.